The summed E-state index contributed by atoms with van der Waals surface area (Å²) in [6.07, 6.45) is 3.10. The summed E-state index contributed by atoms with van der Waals surface area (Å²) in [6.45, 7) is 1.34. The molecule has 3 heteroatoms. The van der Waals surface area contributed by atoms with Crippen molar-refractivity contribution in [3.63, 3.8) is 0 Å². The zero-order valence-corrected chi connectivity index (χ0v) is 6.21. The summed E-state index contributed by atoms with van der Waals surface area (Å²) in [5.41, 5.74) is 0. The van der Waals surface area contributed by atoms with Crippen LogP contribution in [0.1, 0.15) is 32.6 Å². The number of aliphatic hydroxyl groups is 2. The first-order valence-electron chi connectivity index (χ1n) is 3.44. The smallest absolute Gasteiger partial charge is 0.159 e. The lowest BCUT2D eigenvalue weighted by Crippen LogP contribution is -2.22. The van der Waals surface area contributed by atoms with Crippen LogP contribution in [0.25, 0.3) is 0 Å². The minimum absolute atomic E-state index is 0.334. The van der Waals surface area contributed by atoms with Gasteiger partial charge in [0.05, 0.1) is 0 Å². The van der Waals surface area contributed by atoms with Gasteiger partial charge in [-0.1, -0.05) is 0 Å². The van der Waals surface area contributed by atoms with Crippen molar-refractivity contribution in [2.75, 3.05) is 0 Å². The van der Waals surface area contributed by atoms with Crippen LogP contribution in [-0.2, 0) is 4.79 Å². The highest BCUT2D eigenvalue weighted by Crippen LogP contribution is 2.09. The lowest BCUT2D eigenvalue weighted by atomic mass is 10.1. The Labute approximate surface area is 60.7 Å². The predicted molar refractivity (Wildman–Crippen MR) is 37.4 cm³/mol. The Morgan fingerprint density at radius 2 is 2.00 bits per heavy atom. The molecule has 0 aromatic carbocycles. The zero-order valence-electron chi connectivity index (χ0n) is 6.21. The van der Waals surface area contributed by atoms with E-state index in [0.717, 1.165) is 12.7 Å². The Balaban J connectivity index is 3.12. The normalized spacial score (nSPS) is 11.5. The van der Waals surface area contributed by atoms with Crippen molar-refractivity contribution in [2.24, 2.45) is 0 Å². The molecular weight excluding hydrogens is 132 g/mol. The van der Waals surface area contributed by atoms with Gasteiger partial charge in [0, 0.05) is 12.8 Å². The second-order valence-electron chi connectivity index (χ2n) is 2.63. The highest BCUT2D eigenvalue weighted by molar-refractivity contribution is 5.48. The molecule has 0 fully saturated rings. The summed E-state index contributed by atoms with van der Waals surface area (Å²) < 4.78 is 0. The average Bonchev–Trinajstić information content (AvgIpc) is 1.78. The van der Waals surface area contributed by atoms with Crippen LogP contribution in [0.15, 0.2) is 0 Å². The van der Waals surface area contributed by atoms with E-state index in [-0.39, 0.29) is 0 Å². The molecule has 3 nitrogen and oxygen atoms in total. The van der Waals surface area contributed by atoms with Gasteiger partial charge in [0.1, 0.15) is 6.29 Å². The van der Waals surface area contributed by atoms with E-state index >= 15 is 0 Å². The van der Waals surface area contributed by atoms with Crippen LogP contribution in [0.3, 0.4) is 0 Å². The molecule has 10 heavy (non-hydrogen) atoms. The van der Waals surface area contributed by atoms with E-state index in [1.54, 1.807) is 0 Å². The molecule has 0 atom stereocenters. The van der Waals surface area contributed by atoms with E-state index < -0.39 is 5.79 Å². The molecule has 2 N–H and O–H groups in total. The van der Waals surface area contributed by atoms with E-state index in [1.807, 2.05) is 0 Å². The van der Waals surface area contributed by atoms with E-state index in [0.29, 0.717) is 19.3 Å². The molecule has 0 heterocycles. The van der Waals surface area contributed by atoms with Gasteiger partial charge in [-0.15, -0.1) is 0 Å². The molecule has 0 radical (unpaired) electrons. The summed E-state index contributed by atoms with van der Waals surface area (Å²) in [5, 5.41) is 17.6. The Morgan fingerprint density at radius 1 is 1.40 bits per heavy atom. The van der Waals surface area contributed by atoms with Gasteiger partial charge in [-0.3, -0.25) is 0 Å². The van der Waals surface area contributed by atoms with Gasteiger partial charge in [-0.25, -0.2) is 0 Å². The standard InChI is InChI=1S/C7H14O3/c1-7(9,10)5-3-2-4-6-8/h6,9-10H,2-5H2,1H3. The molecule has 0 unspecified atom stereocenters. The van der Waals surface area contributed by atoms with Crippen molar-refractivity contribution in [3.05, 3.63) is 0 Å². The molecular formula is C7H14O3. The SMILES string of the molecule is CC(O)(O)CCCCC=O. The Kier molecular flexibility index (Phi) is 4.23. The molecule has 0 aliphatic rings. The van der Waals surface area contributed by atoms with Crippen LogP contribution >= 0.6 is 0 Å². The number of rotatable bonds is 5. The third kappa shape index (κ3) is 7.59. The molecule has 0 bridgehead atoms. The number of unbranched alkanes of at least 4 members (excludes halogenated alkanes) is 2. The summed E-state index contributed by atoms with van der Waals surface area (Å²) in [6, 6.07) is 0. The number of carbonyl (C=O) groups is 1. The quantitative estimate of drug-likeness (QED) is 0.336. The number of hydrogen-bond donors (Lipinski definition) is 2. The molecule has 0 spiro atoms. The van der Waals surface area contributed by atoms with Gasteiger partial charge in [0.25, 0.3) is 0 Å². The fourth-order valence-electron chi connectivity index (χ4n) is 0.688. The average molecular weight is 146 g/mol. The van der Waals surface area contributed by atoms with Gasteiger partial charge in [-0.05, 0) is 19.8 Å². The Hall–Kier alpha value is -0.410. The first-order chi connectivity index (χ1) is 4.56. The maximum Gasteiger partial charge on any atom is 0.159 e. The zero-order chi connectivity index (χ0) is 8.04. The maximum absolute atomic E-state index is 9.80. The van der Waals surface area contributed by atoms with Crippen LogP contribution in [0.2, 0.25) is 0 Å². The summed E-state index contributed by atoms with van der Waals surface area (Å²) >= 11 is 0. The van der Waals surface area contributed by atoms with E-state index in [9.17, 15) is 4.79 Å². The summed E-state index contributed by atoms with van der Waals surface area (Å²) in [4.78, 5) is 9.80. The van der Waals surface area contributed by atoms with Crippen molar-refractivity contribution < 1.29 is 15.0 Å². The van der Waals surface area contributed by atoms with Crippen LogP contribution in [-0.4, -0.2) is 22.3 Å². The minimum atomic E-state index is -1.57. The first-order valence-corrected chi connectivity index (χ1v) is 3.44. The van der Waals surface area contributed by atoms with Crippen molar-refractivity contribution >= 4 is 6.29 Å². The topological polar surface area (TPSA) is 57.5 Å². The monoisotopic (exact) mass is 146 g/mol. The molecule has 0 aromatic heterocycles. The molecule has 0 saturated carbocycles. The fourth-order valence-corrected chi connectivity index (χ4v) is 0.688. The fraction of sp³-hybridized carbons (Fsp3) is 0.857. The third-order valence-electron chi connectivity index (χ3n) is 1.22. The van der Waals surface area contributed by atoms with Crippen molar-refractivity contribution in [2.45, 2.75) is 38.4 Å². The van der Waals surface area contributed by atoms with Crippen molar-refractivity contribution in [1.29, 1.82) is 0 Å². The third-order valence-corrected chi connectivity index (χ3v) is 1.22. The number of hydrogen-bond acceptors (Lipinski definition) is 3. The molecule has 0 saturated heterocycles. The second kappa shape index (κ2) is 4.41. The lowest BCUT2D eigenvalue weighted by molar-refractivity contribution is -0.150. The summed E-state index contributed by atoms with van der Waals surface area (Å²) in [5.74, 6) is -1.57. The highest BCUT2D eigenvalue weighted by Gasteiger charge is 2.12. The molecule has 0 rings (SSSR count). The molecule has 0 aromatic rings. The first kappa shape index (κ1) is 9.59. The lowest BCUT2D eigenvalue weighted by Gasteiger charge is -2.14. The van der Waals surface area contributed by atoms with Crippen molar-refractivity contribution in [1.82, 2.24) is 0 Å². The Bertz CT molecular complexity index is 93.5. The molecule has 60 valence electrons. The van der Waals surface area contributed by atoms with Gasteiger partial charge in [0.2, 0.25) is 0 Å². The number of carbonyl (C=O) groups excluding carboxylic acids is 1. The van der Waals surface area contributed by atoms with Gasteiger partial charge in [-0.2, -0.15) is 0 Å². The van der Waals surface area contributed by atoms with Crippen molar-refractivity contribution in [3.8, 4) is 0 Å². The van der Waals surface area contributed by atoms with Gasteiger partial charge < -0.3 is 15.0 Å². The maximum atomic E-state index is 9.80. The molecule has 0 aliphatic heterocycles. The van der Waals surface area contributed by atoms with Crippen LogP contribution in [0, 0.1) is 0 Å². The molecule has 0 aliphatic carbocycles. The largest absolute Gasteiger partial charge is 0.366 e. The van der Waals surface area contributed by atoms with Gasteiger partial charge in [0.15, 0.2) is 5.79 Å². The number of aldehydes is 1. The molecule has 0 amide bonds. The second-order valence-corrected chi connectivity index (χ2v) is 2.63. The van der Waals surface area contributed by atoms with Crippen LogP contribution in [0.4, 0.5) is 0 Å². The predicted octanol–water partition coefficient (Wildman–Crippen LogP) is 0.447. The van der Waals surface area contributed by atoms with E-state index in [1.165, 1.54) is 6.92 Å². The van der Waals surface area contributed by atoms with E-state index in [2.05, 4.69) is 0 Å². The minimum Gasteiger partial charge on any atom is -0.366 e. The van der Waals surface area contributed by atoms with E-state index in [4.69, 9.17) is 10.2 Å². The van der Waals surface area contributed by atoms with Crippen LogP contribution in [0.5, 0.6) is 0 Å². The van der Waals surface area contributed by atoms with Crippen LogP contribution < -0.4 is 0 Å². The van der Waals surface area contributed by atoms with Gasteiger partial charge >= 0.3 is 0 Å². The highest BCUT2D eigenvalue weighted by atomic mass is 16.5. The Morgan fingerprint density at radius 3 is 2.40 bits per heavy atom. The summed E-state index contributed by atoms with van der Waals surface area (Å²) in [7, 11) is 0.